The minimum absolute atomic E-state index is 0.295. The molecule has 2 atom stereocenters. The van der Waals surface area contributed by atoms with Crippen LogP contribution in [0.4, 0.5) is 0 Å². The van der Waals surface area contributed by atoms with E-state index in [-0.39, 0.29) is 0 Å². The van der Waals surface area contributed by atoms with Crippen molar-refractivity contribution in [3.63, 3.8) is 0 Å². The summed E-state index contributed by atoms with van der Waals surface area (Å²) in [7, 11) is 0. The highest BCUT2D eigenvalue weighted by Crippen LogP contribution is 2.34. The molecule has 18 heavy (non-hydrogen) atoms. The van der Waals surface area contributed by atoms with Gasteiger partial charge in [-0.2, -0.15) is 0 Å². The van der Waals surface area contributed by atoms with Crippen LogP contribution in [0.5, 0.6) is 0 Å². The molecule has 2 nitrogen and oxygen atoms in total. The molecule has 102 valence electrons. The predicted octanol–water partition coefficient (Wildman–Crippen LogP) is 3.57. The highest BCUT2D eigenvalue weighted by Gasteiger charge is 2.30. The van der Waals surface area contributed by atoms with Crippen molar-refractivity contribution in [2.24, 2.45) is 11.7 Å². The lowest BCUT2D eigenvalue weighted by atomic mass is 9.99. The van der Waals surface area contributed by atoms with Gasteiger partial charge in [0.1, 0.15) is 0 Å². The molecule has 2 N–H and O–H groups in total. The summed E-state index contributed by atoms with van der Waals surface area (Å²) in [5, 5.41) is 2.20. The highest BCUT2D eigenvalue weighted by atomic mass is 32.1. The van der Waals surface area contributed by atoms with E-state index in [0.29, 0.717) is 18.0 Å². The second-order valence-electron chi connectivity index (χ2n) is 5.96. The molecule has 1 saturated heterocycles. The Morgan fingerprint density at radius 2 is 2.22 bits per heavy atom. The van der Waals surface area contributed by atoms with E-state index in [1.54, 1.807) is 0 Å². The monoisotopic (exact) mass is 266 g/mol. The Bertz CT molecular complexity index is 372. The van der Waals surface area contributed by atoms with E-state index < -0.39 is 0 Å². The van der Waals surface area contributed by atoms with Gasteiger partial charge in [-0.05, 0) is 49.2 Å². The lowest BCUT2D eigenvalue weighted by molar-refractivity contribution is 0.168. The molecular weight excluding hydrogens is 240 g/mol. The third-order valence-electron chi connectivity index (χ3n) is 3.80. The topological polar surface area (TPSA) is 29.3 Å². The molecule has 0 saturated carbocycles. The molecule has 2 heterocycles. The van der Waals surface area contributed by atoms with Crippen LogP contribution in [0.15, 0.2) is 11.4 Å². The summed E-state index contributed by atoms with van der Waals surface area (Å²) >= 11 is 1.88. The van der Waals surface area contributed by atoms with Crippen LogP contribution in [-0.2, 0) is 0 Å². The summed E-state index contributed by atoms with van der Waals surface area (Å²) in [6.07, 6.45) is 3.73. The molecular formula is C15H26N2S. The standard InChI is InChI=1S/C15H26N2S/c1-11(2)10-17-8-5-4-6-13(16)14(17)15-12(3)7-9-18-15/h7,9,11,13-14H,4-6,8,10,16H2,1-3H3. The Morgan fingerprint density at radius 3 is 2.83 bits per heavy atom. The van der Waals surface area contributed by atoms with Crippen molar-refractivity contribution in [2.45, 2.75) is 52.1 Å². The molecule has 3 heteroatoms. The lowest BCUT2D eigenvalue weighted by Crippen LogP contribution is -2.41. The van der Waals surface area contributed by atoms with E-state index in [4.69, 9.17) is 5.73 Å². The van der Waals surface area contributed by atoms with Gasteiger partial charge in [0.25, 0.3) is 0 Å². The first-order valence-corrected chi connectivity index (χ1v) is 8.01. The number of hydrogen-bond donors (Lipinski definition) is 1. The van der Waals surface area contributed by atoms with Gasteiger partial charge in [0, 0.05) is 17.5 Å². The van der Waals surface area contributed by atoms with Gasteiger partial charge in [-0.3, -0.25) is 4.90 Å². The molecule has 0 spiro atoms. The maximum absolute atomic E-state index is 6.47. The van der Waals surface area contributed by atoms with E-state index >= 15 is 0 Å². The Hall–Kier alpha value is -0.380. The number of likely N-dealkylation sites (tertiary alicyclic amines) is 1. The Kier molecular flexibility index (Phi) is 4.82. The van der Waals surface area contributed by atoms with Crippen molar-refractivity contribution in [1.82, 2.24) is 4.90 Å². The quantitative estimate of drug-likeness (QED) is 0.906. The summed E-state index contributed by atoms with van der Waals surface area (Å²) in [6.45, 7) is 9.18. The first kappa shape index (κ1) is 14.0. The Labute approximate surface area is 115 Å². The van der Waals surface area contributed by atoms with E-state index in [9.17, 15) is 0 Å². The van der Waals surface area contributed by atoms with Crippen LogP contribution in [-0.4, -0.2) is 24.0 Å². The zero-order chi connectivity index (χ0) is 13.1. The van der Waals surface area contributed by atoms with Gasteiger partial charge in [0.2, 0.25) is 0 Å². The average Bonchev–Trinajstić information content (AvgIpc) is 2.62. The first-order valence-electron chi connectivity index (χ1n) is 7.13. The summed E-state index contributed by atoms with van der Waals surface area (Å²) in [4.78, 5) is 4.12. The maximum Gasteiger partial charge on any atom is 0.0596 e. The van der Waals surface area contributed by atoms with Crippen LogP contribution in [0.3, 0.4) is 0 Å². The molecule has 0 amide bonds. The van der Waals surface area contributed by atoms with E-state index in [2.05, 4.69) is 37.1 Å². The zero-order valence-corrected chi connectivity index (χ0v) is 12.7. The SMILES string of the molecule is Cc1ccsc1C1C(N)CCCCN1CC(C)C. The molecule has 1 aromatic rings. The summed E-state index contributed by atoms with van der Waals surface area (Å²) < 4.78 is 0. The van der Waals surface area contributed by atoms with Crippen LogP contribution in [0.2, 0.25) is 0 Å². The number of hydrogen-bond acceptors (Lipinski definition) is 3. The third kappa shape index (κ3) is 3.14. The molecule has 1 aliphatic heterocycles. The average molecular weight is 266 g/mol. The zero-order valence-electron chi connectivity index (χ0n) is 11.9. The van der Waals surface area contributed by atoms with Crippen LogP contribution >= 0.6 is 11.3 Å². The van der Waals surface area contributed by atoms with Crippen LogP contribution in [0.25, 0.3) is 0 Å². The van der Waals surface area contributed by atoms with Crippen molar-refractivity contribution in [2.75, 3.05) is 13.1 Å². The molecule has 1 fully saturated rings. The normalized spacial score (nSPS) is 26.5. The van der Waals surface area contributed by atoms with Gasteiger partial charge >= 0.3 is 0 Å². The van der Waals surface area contributed by atoms with Crippen molar-refractivity contribution in [3.8, 4) is 0 Å². The second kappa shape index (κ2) is 6.18. The molecule has 0 bridgehead atoms. The fourth-order valence-electron chi connectivity index (χ4n) is 2.98. The van der Waals surface area contributed by atoms with Gasteiger partial charge in [-0.25, -0.2) is 0 Å². The molecule has 0 aliphatic carbocycles. The largest absolute Gasteiger partial charge is 0.326 e. The smallest absolute Gasteiger partial charge is 0.0596 e. The van der Waals surface area contributed by atoms with Crippen molar-refractivity contribution >= 4 is 11.3 Å². The predicted molar refractivity (Wildman–Crippen MR) is 80.0 cm³/mol. The van der Waals surface area contributed by atoms with E-state index in [1.165, 1.54) is 29.8 Å². The minimum atomic E-state index is 0.295. The number of rotatable bonds is 3. The van der Waals surface area contributed by atoms with Crippen molar-refractivity contribution < 1.29 is 0 Å². The number of aryl methyl sites for hydroxylation is 1. The Balaban J connectivity index is 2.26. The molecule has 1 aliphatic rings. The molecule has 1 aromatic heterocycles. The van der Waals surface area contributed by atoms with Crippen LogP contribution in [0, 0.1) is 12.8 Å². The van der Waals surface area contributed by atoms with Crippen molar-refractivity contribution in [1.29, 1.82) is 0 Å². The highest BCUT2D eigenvalue weighted by molar-refractivity contribution is 7.10. The van der Waals surface area contributed by atoms with Crippen LogP contribution < -0.4 is 5.73 Å². The first-order chi connectivity index (χ1) is 8.59. The third-order valence-corrected chi connectivity index (χ3v) is 4.89. The number of nitrogens with zero attached hydrogens (tertiary/aromatic N) is 1. The minimum Gasteiger partial charge on any atom is -0.326 e. The fraction of sp³-hybridized carbons (Fsp3) is 0.733. The molecule has 0 radical (unpaired) electrons. The summed E-state index contributed by atoms with van der Waals surface area (Å²) in [5.41, 5.74) is 7.88. The van der Waals surface area contributed by atoms with Crippen LogP contribution in [0.1, 0.15) is 49.6 Å². The second-order valence-corrected chi connectivity index (χ2v) is 6.91. The molecule has 2 unspecified atom stereocenters. The van der Waals surface area contributed by atoms with Gasteiger partial charge in [-0.15, -0.1) is 11.3 Å². The van der Waals surface area contributed by atoms with Gasteiger partial charge in [0.15, 0.2) is 0 Å². The van der Waals surface area contributed by atoms with E-state index in [0.717, 1.165) is 13.0 Å². The molecule has 0 aromatic carbocycles. The van der Waals surface area contributed by atoms with E-state index in [1.807, 2.05) is 11.3 Å². The maximum atomic E-state index is 6.47. The fourth-order valence-corrected chi connectivity index (χ4v) is 4.12. The number of thiophene rings is 1. The Morgan fingerprint density at radius 1 is 1.44 bits per heavy atom. The van der Waals surface area contributed by atoms with Gasteiger partial charge in [-0.1, -0.05) is 20.3 Å². The number of nitrogens with two attached hydrogens (primary N) is 1. The lowest BCUT2D eigenvalue weighted by Gasteiger charge is -2.34. The summed E-state index contributed by atoms with van der Waals surface area (Å²) in [5.74, 6) is 0.707. The summed E-state index contributed by atoms with van der Waals surface area (Å²) in [6, 6.07) is 2.96. The van der Waals surface area contributed by atoms with Crippen molar-refractivity contribution in [3.05, 3.63) is 21.9 Å². The molecule has 2 rings (SSSR count). The van der Waals surface area contributed by atoms with Gasteiger partial charge < -0.3 is 5.73 Å². The van der Waals surface area contributed by atoms with Gasteiger partial charge in [0.05, 0.1) is 6.04 Å².